The van der Waals surface area contributed by atoms with Gasteiger partial charge in [-0.05, 0) is 54.3 Å². The van der Waals surface area contributed by atoms with Crippen LogP contribution in [0.25, 0.3) is 10.2 Å². The van der Waals surface area contributed by atoms with E-state index in [1.165, 1.54) is 28.3 Å². The lowest BCUT2D eigenvalue weighted by atomic mass is 9.95. The van der Waals surface area contributed by atoms with Gasteiger partial charge in [-0.15, -0.1) is 11.3 Å². The van der Waals surface area contributed by atoms with Crippen molar-refractivity contribution in [3.05, 3.63) is 88.4 Å². The number of alkyl halides is 3. The van der Waals surface area contributed by atoms with Gasteiger partial charge in [-0.2, -0.15) is 18.3 Å². The van der Waals surface area contributed by atoms with Crippen LogP contribution in [0, 0.1) is 5.82 Å². The van der Waals surface area contributed by atoms with E-state index >= 15 is 0 Å². The quantitative estimate of drug-likeness (QED) is 0.0849. The predicted molar refractivity (Wildman–Crippen MR) is 187 cm³/mol. The second-order valence-electron chi connectivity index (χ2n) is 12.6. The van der Waals surface area contributed by atoms with Crippen LogP contribution in [0.3, 0.4) is 0 Å². The zero-order chi connectivity index (χ0) is 36.1. The average Bonchev–Trinajstić information content (AvgIpc) is 3.45. The number of rotatable bonds is 8. The van der Waals surface area contributed by atoms with Crippen molar-refractivity contribution >= 4 is 56.3 Å². The Balaban J connectivity index is 0.000000544. The molecular formula is C35H38ClF4N6O3S+. The number of aryl methyl sites for hydroxylation is 1. The molecule has 50 heavy (non-hydrogen) atoms. The van der Waals surface area contributed by atoms with Crippen LogP contribution in [0.15, 0.2) is 66.7 Å². The summed E-state index contributed by atoms with van der Waals surface area (Å²) in [6, 6.07) is 12.3. The molecule has 0 saturated carbocycles. The number of likely N-dealkylation sites (tertiary alicyclic amines) is 1. The number of piperidine rings is 1. The van der Waals surface area contributed by atoms with Gasteiger partial charge in [0.25, 0.3) is 0 Å². The molecule has 1 N–H and O–H groups in total. The van der Waals surface area contributed by atoms with Gasteiger partial charge in [0.1, 0.15) is 35.1 Å². The number of hydrazone groups is 1. The molecule has 0 bridgehead atoms. The number of fused-ring (bicyclic) bond motifs is 3. The van der Waals surface area contributed by atoms with Crippen LogP contribution >= 0.6 is 22.9 Å². The molecule has 0 atom stereocenters. The number of hydrogen-bond acceptors (Lipinski definition) is 9. The maximum absolute atomic E-state index is 13.5. The third kappa shape index (κ3) is 9.29. The number of nitrogens with one attached hydrogen (secondary N) is 1. The third-order valence-corrected chi connectivity index (χ3v) is 9.98. The molecule has 0 unspecified atom stereocenters. The Morgan fingerprint density at radius 3 is 2.58 bits per heavy atom. The minimum absolute atomic E-state index is 0.228. The Morgan fingerprint density at radius 1 is 1.18 bits per heavy atom. The Bertz CT molecular complexity index is 1870. The molecule has 1 fully saturated rings. The van der Waals surface area contributed by atoms with Crippen molar-refractivity contribution in [2.45, 2.75) is 50.9 Å². The number of hydrogen-bond donors (Lipinski definition) is 1. The number of carbonyl (C=O) groups is 1. The highest BCUT2D eigenvalue weighted by atomic mass is 35.5. The molecule has 1 aliphatic carbocycles. The van der Waals surface area contributed by atoms with E-state index in [4.69, 9.17) is 21.4 Å². The van der Waals surface area contributed by atoms with Crippen molar-refractivity contribution in [1.29, 1.82) is 0 Å². The fourth-order valence-corrected chi connectivity index (χ4v) is 7.31. The molecule has 3 heterocycles. The summed E-state index contributed by atoms with van der Waals surface area (Å²) in [6.07, 6.45) is 3.49. The van der Waals surface area contributed by atoms with E-state index in [1.807, 2.05) is 30.5 Å². The number of anilines is 2. The van der Waals surface area contributed by atoms with Crippen molar-refractivity contribution in [3.8, 4) is 5.75 Å². The summed E-state index contributed by atoms with van der Waals surface area (Å²) in [6.45, 7) is 6.61. The molecule has 0 amide bonds. The van der Waals surface area contributed by atoms with Crippen LogP contribution in [0.1, 0.15) is 35.3 Å². The Kier molecular flexibility index (Phi) is 11.6. The molecule has 266 valence electrons. The monoisotopic (exact) mass is 733 g/mol. The van der Waals surface area contributed by atoms with Gasteiger partial charge in [0.15, 0.2) is 0 Å². The summed E-state index contributed by atoms with van der Waals surface area (Å²) >= 11 is 8.27. The van der Waals surface area contributed by atoms with E-state index in [0.29, 0.717) is 23.9 Å². The number of esters is 1. The van der Waals surface area contributed by atoms with Gasteiger partial charge >= 0.3 is 12.1 Å². The van der Waals surface area contributed by atoms with Crippen LogP contribution in [-0.4, -0.2) is 77.7 Å². The van der Waals surface area contributed by atoms with Gasteiger partial charge < -0.3 is 19.3 Å². The highest BCUT2D eigenvalue weighted by Gasteiger charge is 2.40. The fraction of sp³-hybridized carbons (Fsp3) is 0.371. The molecule has 2 aromatic heterocycles. The fourth-order valence-electron chi connectivity index (χ4n) is 5.86. The smallest absolute Gasteiger partial charge is 0.487 e. The van der Waals surface area contributed by atoms with Gasteiger partial charge in [0.05, 0.1) is 50.7 Å². The number of ether oxygens (including phenoxy) is 2. The number of benzene rings is 2. The predicted octanol–water partition coefficient (Wildman–Crippen LogP) is 8.06. The molecule has 9 nitrogen and oxygen atoms in total. The second-order valence-corrected chi connectivity index (χ2v) is 14.1. The number of methoxy groups -OCH3 is 1. The van der Waals surface area contributed by atoms with Crippen LogP contribution < -0.4 is 10.1 Å². The zero-order valence-electron chi connectivity index (χ0n) is 27.9. The van der Waals surface area contributed by atoms with Crippen molar-refractivity contribution < 1.29 is 36.3 Å². The van der Waals surface area contributed by atoms with Crippen molar-refractivity contribution in [2.24, 2.45) is 5.10 Å². The number of aromatic nitrogens is 2. The van der Waals surface area contributed by atoms with E-state index in [-0.39, 0.29) is 12.4 Å². The summed E-state index contributed by atoms with van der Waals surface area (Å²) in [5.74, 6) is -1.17. The normalized spacial score (nSPS) is 16.6. The van der Waals surface area contributed by atoms with Crippen LogP contribution in [0.4, 0.5) is 29.1 Å². The van der Waals surface area contributed by atoms with Crippen LogP contribution in [0.2, 0.25) is 5.02 Å². The number of thiophene rings is 1. The Labute approximate surface area is 296 Å². The van der Waals surface area contributed by atoms with E-state index in [0.717, 1.165) is 77.0 Å². The lowest BCUT2D eigenvalue weighted by molar-refractivity contribution is -0.895. The van der Waals surface area contributed by atoms with Gasteiger partial charge in [0, 0.05) is 41.7 Å². The maximum atomic E-state index is 13.5. The molecule has 1 aliphatic heterocycles. The lowest BCUT2D eigenvalue weighted by Crippen LogP contribution is -2.50. The molecule has 2 aliphatic rings. The number of nitrogens with zero attached hydrogens (tertiary/aromatic N) is 5. The molecule has 6 rings (SSSR count). The lowest BCUT2D eigenvalue weighted by Gasteiger charge is -2.39. The summed E-state index contributed by atoms with van der Waals surface area (Å²) in [4.78, 5) is 20.9. The first-order valence-electron chi connectivity index (χ1n) is 15.9. The SMILES string of the molecule is C=CN(/N=C1/CCc2c(sc3ncnc(Nc4ccc(OCc5cccc(F)c5)c(Cl)c4)c23)C1)C1CC[N+](C)(C)CC1.COC(=O)C(F)(F)F. The van der Waals surface area contributed by atoms with Gasteiger partial charge in [-0.1, -0.05) is 30.3 Å². The van der Waals surface area contributed by atoms with Crippen molar-refractivity contribution in [3.63, 3.8) is 0 Å². The Hall–Kier alpha value is -4.27. The minimum atomic E-state index is -4.85. The Morgan fingerprint density at radius 2 is 1.94 bits per heavy atom. The summed E-state index contributed by atoms with van der Waals surface area (Å²) in [5.41, 5.74) is 4.02. The van der Waals surface area contributed by atoms with Gasteiger partial charge in [-0.25, -0.2) is 19.2 Å². The molecule has 2 aromatic carbocycles. The van der Waals surface area contributed by atoms with Crippen LogP contribution in [-0.2, 0) is 29.0 Å². The number of carbonyl (C=O) groups excluding carboxylic acids is 1. The molecule has 15 heteroatoms. The molecule has 4 aromatic rings. The molecule has 0 radical (unpaired) electrons. The summed E-state index contributed by atoms with van der Waals surface area (Å²) in [7, 11) is 5.27. The third-order valence-electron chi connectivity index (χ3n) is 8.55. The highest BCUT2D eigenvalue weighted by Crippen LogP contribution is 2.39. The first kappa shape index (κ1) is 37.0. The van der Waals surface area contributed by atoms with E-state index in [9.17, 15) is 22.4 Å². The van der Waals surface area contributed by atoms with Gasteiger partial charge in [0.2, 0.25) is 0 Å². The molecular weight excluding hydrogens is 696 g/mol. The number of halogens is 5. The largest absolute Gasteiger partial charge is 0.490 e. The molecule has 0 spiro atoms. The average molecular weight is 734 g/mol. The standard InChI is InChI=1S/C32H35ClFN6OS.C3H3F3O2/c1-4-39(25-12-14-40(2,3)15-13-25)38-24-8-10-26-29(18-24)42-32-30(26)31(35-20-36-32)37-23-9-11-28(27(33)17-23)41-19-21-6-5-7-22(34)16-21;1-8-2(7)3(4,5)6/h4-7,9,11,16-17,20,25H,1,8,10,12-15,18-19H2,2-3H3,(H,35,36,37);1H3/q+1;/b38-24-;. The zero-order valence-corrected chi connectivity index (χ0v) is 29.5. The summed E-state index contributed by atoms with van der Waals surface area (Å²) in [5, 5.41) is 12.2. The summed E-state index contributed by atoms with van der Waals surface area (Å²) < 4.78 is 56.7. The highest BCUT2D eigenvalue weighted by molar-refractivity contribution is 7.19. The number of quaternary nitrogens is 1. The van der Waals surface area contributed by atoms with Gasteiger partial charge in [-0.3, -0.25) is 5.01 Å². The topological polar surface area (TPSA) is 88.9 Å². The van der Waals surface area contributed by atoms with Crippen molar-refractivity contribution in [2.75, 3.05) is 39.6 Å². The maximum Gasteiger partial charge on any atom is 0.490 e. The van der Waals surface area contributed by atoms with E-state index in [2.05, 4.69) is 45.7 Å². The minimum Gasteiger partial charge on any atom is -0.487 e. The van der Waals surface area contributed by atoms with E-state index in [1.54, 1.807) is 23.7 Å². The first-order valence-corrected chi connectivity index (χ1v) is 17.1. The molecule has 1 saturated heterocycles. The second kappa shape index (κ2) is 15.7. The van der Waals surface area contributed by atoms with Crippen molar-refractivity contribution in [1.82, 2.24) is 15.0 Å². The first-order chi connectivity index (χ1) is 23.8. The van der Waals surface area contributed by atoms with Crippen LogP contribution in [0.5, 0.6) is 5.75 Å². The van der Waals surface area contributed by atoms with E-state index < -0.39 is 12.1 Å².